The molecule has 112 valence electrons. The summed E-state index contributed by atoms with van der Waals surface area (Å²) in [5.41, 5.74) is 1.41. The van der Waals surface area contributed by atoms with E-state index in [0.29, 0.717) is 12.8 Å². The van der Waals surface area contributed by atoms with E-state index in [-0.39, 0.29) is 5.41 Å². The van der Waals surface area contributed by atoms with Crippen LogP contribution in [0.5, 0.6) is 0 Å². The van der Waals surface area contributed by atoms with Gasteiger partial charge in [0.1, 0.15) is 10.3 Å². The lowest BCUT2D eigenvalue weighted by atomic mass is 9.88. The van der Waals surface area contributed by atoms with Crippen LogP contribution in [0.4, 0.5) is 4.39 Å². The van der Waals surface area contributed by atoms with Gasteiger partial charge in [0.05, 0.1) is 5.69 Å². The highest BCUT2D eigenvalue weighted by Gasteiger charge is 2.30. The van der Waals surface area contributed by atoms with Gasteiger partial charge in [-0.2, -0.15) is 0 Å². The Bertz CT molecular complexity index is 470. The second-order valence-corrected chi connectivity index (χ2v) is 7.89. The van der Waals surface area contributed by atoms with Crippen LogP contribution in [0, 0.1) is 0 Å². The second kappa shape index (κ2) is 5.72. The van der Waals surface area contributed by atoms with Gasteiger partial charge in [0, 0.05) is 25.0 Å². The average Bonchev–Trinajstić information content (AvgIpc) is 2.33. The molecule has 2 rings (SSSR count). The van der Waals surface area contributed by atoms with Crippen molar-refractivity contribution in [1.82, 2.24) is 9.88 Å². The Morgan fingerprint density at radius 3 is 2.45 bits per heavy atom. The number of likely N-dealkylation sites (tertiary alicyclic amines) is 1. The van der Waals surface area contributed by atoms with E-state index in [1.807, 2.05) is 6.07 Å². The molecule has 1 aromatic rings. The predicted molar refractivity (Wildman–Crippen MR) is 84.7 cm³/mol. The number of hydrogen-bond donors (Lipinski definition) is 0. The molecule has 0 aliphatic carbocycles. The van der Waals surface area contributed by atoms with Crippen LogP contribution in [-0.2, 0) is 12.0 Å². The Morgan fingerprint density at radius 1 is 1.30 bits per heavy atom. The van der Waals surface area contributed by atoms with Gasteiger partial charge in [-0.1, -0.05) is 26.8 Å². The Kier molecular flexibility index (Phi) is 4.55. The topological polar surface area (TPSA) is 16.1 Å². The maximum atomic E-state index is 13.9. The first-order valence-electron chi connectivity index (χ1n) is 7.25. The normalized spacial score (nSPS) is 20.1. The zero-order valence-electron chi connectivity index (χ0n) is 12.8. The van der Waals surface area contributed by atoms with Crippen LogP contribution >= 0.6 is 15.9 Å². The number of pyridine rings is 1. The predicted octanol–water partition coefficient (Wildman–Crippen LogP) is 4.47. The largest absolute Gasteiger partial charge is 0.299 e. The van der Waals surface area contributed by atoms with Crippen LogP contribution in [0.3, 0.4) is 0 Å². The highest BCUT2D eigenvalue weighted by Crippen LogP contribution is 2.30. The molecule has 1 aromatic heterocycles. The monoisotopic (exact) mass is 342 g/mol. The molecule has 2 heterocycles. The second-order valence-electron chi connectivity index (χ2n) is 7.08. The highest BCUT2D eigenvalue weighted by molar-refractivity contribution is 9.10. The molecule has 1 aliphatic heterocycles. The van der Waals surface area contributed by atoms with Gasteiger partial charge < -0.3 is 0 Å². The number of alkyl halides is 1. The minimum absolute atomic E-state index is 0.0174. The molecule has 0 aromatic carbocycles. The van der Waals surface area contributed by atoms with Crippen molar-refractivity contribution < 1.29 is 4.39 Å². The summed E-state index contributed by atoms with van der Waals surface area (Å²) >= 11 is 3.45. The van der Waals surface area contributed by atoms with Crippen molar-refractivity contribution in [3.8, 4) is 0 Å². The Balaban J connectivity index is 2.14. The van der Waals surface area contributed by atoms with Gasteiger partial charge >= 0.3 is 0 Å². The highest BCUT2D eigenvalue weighted by atomic mass is 79.9. The molecule has 0 atom stereocenters. The van der Waals surface area contributed by atoms with Crippen molar-refractivity contribution >= 4 is 15.9 Å². The van der Waals surface area contributed by atoms with E-state index in [1.165, 1.54) is 5.56 Å². The Hall–Kier alpha value is -0.480. The molecule has 0 unspecified atom stereocenters. The van der Waals surface area contributed by atoms with Gasteiger partial charge in [-0.15, -0.1) is 0 Å². The average molecular weight is 343 g/mol. The van der Waals surface area contributed by atoms with Gasteiger partial charge in [-0.05, 0) is 47.3 Å². The van der Waals surface area contributed by atoms with Crippen LogP contribution in [0.1, 0.15) is 51.8 Å². The molecular weight excluding hydrogens is 319 g/mol. The van der Waals surface area contributed by atoms with Gasteiger partial charge in [0.2, 0.25) is 0 Å². The first kappa shape index (κ1) is 15.9. The molecule has 1 aliphatic rings. The van der Waals surface area contributed by atoms with Crippen molar-refractivity contribution in [1.29, 1.82) is 0 Å². The van der Waals surface area contributed by atoms with Crippen LogP contribution in [-0.4, -0.2) is 28.6 Å². The van der Waals surface area contributed by atoms with Crippen LogP contribution in [0.25, 0.3) is 0 Å². The standard InChI is InChI=1S/C16H24BrFN2/c1-15(2,3)14-12(5-6-13(17)19-14)11-20-9-7-16(4,18)8-10-20/h5-6H,7-11H2,1-4H3. The van der Waals surface area contributed by atoms with E-state index in [0.717, 1.165) is 29.9 Å². The lowest BCUT2D eigenvalue weighted by Gasteiger charge is -2.35. The van der Waals surface area contributed by atoms with Crippen molar-refractivity contribution in [3.63, 3.8) is 0 Å². The number of hydrogen-bond acceptors (Lipinski definition) is 2. The fourth-order valence-corrected chi connectivity index (χ4v) is 2.97. The molecule has 20 heavy (non-hydrogen) atoms. The third kappa shape index (κ3) is 4.01. The summed E-state index contributed by atoms with van der Waals surface area (Å²) in [7, 11) is 0. The van der Waals surface area contributed by atoms with Gasteiger partial charge in [-0.25, -0.2) is 9.37 Å². The number of halogens is 2. The van der Waals surface area contributed by atoms with E-state index in [1.54, 1.807) is 6.92 Å². The summed E-state index contributed by atoms with van der Waals surface area (Å²) in [6.45, 7) is 10.8. The first-order chi connectivity index (χ1) is 9.17. The minimum atomic E-state index is -0.985. The first-order valence-corrected chi connectivity index (χ1v) is 8.04. The maximum absolute atomic E-state index is 13.9. The maximum Gasteiger partial charge on any atom is 0.110 e. The van der Waals surface area contributed by atoms with Gasteiger partial charge in [0.15, 0.2) is 0 Å². The van der Waals surface area contributed by atoms with Crippen LogP contribution in [0.2, 0.25) is 0 Å². The third-order valence-corrected chi connectivity index (χ3v) is 4.39. The smallest absolute Gasteiger partial charge is 0.110 e. The molecular formula is C16H24BrFN2. The number of rotatable bonds is 2. The lowest BCUT2D eigenvalue weighted by molar-refractivity contribution is 0.0701. The summed E-state index contributed by atoms with van der Waals surface area (Å²) in [4.78, 5) is 6.99. The van der Waals surface area contributed by atoms with E-state index in [9.17, 15) is 4.39 Å². The van der Waals surface area contributed by atoms with Crippen molar-refractivity contribution in [2.75, 3.05) is 13.1 Å². The molecule has 0 N–H and O–H groups in total. The van der Waals surface area contributed by atoms with Crippen LogP contribution < -0.4 is 0 Å². The van der Waals surface area contributed by atoms with Gasteiger partial charge in [-0.3, -0.25) is 4.90 Å². The summed E-state index contributed by atoms with van der Waals surface area (Å²) in [5.74, 6) is 0. The molecule has 0 radical (unpaired) electrons. The van der Waals surface area contributed by atoms with E-state index in [2.05, 4.69) is 52.7 Å². The fourth-order valence-electron chi connectivity index (χ4n) is 2.66. The zero-order chi connectivity index (χ0) is 15.0. The van der Waals surface area contributed by atoms with Gasteiger partial charge in [0.25, 0.3) is 0 Å². The van der Waals surface area contributed by atoms with Crippen molar-refractivity contribution in [3.05, 3.63) is 28.0 Å². The Labute approximate surface area is 129 Å². The van der Waals surface area contributed by atoms with E-state index in [4.69, 9.17) is 0 Å². The summed E-state index contributed by atoms with van der Waals surface area (Å²) < 4.78 is 14.7. The molecule has 4 heteroatoms. The summed E-state index contributed by atoms with van der Waals surface area (Å²) in [5, 5.41) is 0. The van der Waals surface area contributed by atoms with E-state index < -0.39 is 5.67 Å². The summed E-state index contributed by atoms with van der Waals surface area (Å²) in [6.07, 6.45) is 1.25. The molecule has 2 nitrogen and oxygen atoms in total. The molecule has 1 saturated heterocycles. The molecule has 0 saturated carbocycles. The lowest BCUT2D eigenvalue weighted by Crippen LogP contribution is -2.40. The molecule has 0 amide bonds. The SMILES string of the molecule is CC1(F)CCN(Cc2ccc(Br)nc2C(C)(C)C)CC1. The molecule has 0 bridgehead atoms. The number of aromatic nitrogens is 1. The van der Waals surface area contributed by atoms with Crippen molar-refractivity contribution in [2.45, 2.75) is 58.2 Å². The fraction of sp³-hybridized carbons (Fsp3) is 0.688. The van der Waals surface area contributed by atoms with E-state index >= 15 is 0 Å². The Morgan fingerprint density at radius 2 is 1.90 bits per heavy atom. The summed E-state index contributed by atoms with van der Waals surface area (Å²) in [6, 6.07) is 4.13. The quantitative estimate of drug-likeness (QED) is 0.737. The zero-order valence-corrected chi connectivity index (χ0v) is 14.4. The molecule has 1 fully saturated rings. The number of nitrogens with zero attached hydrogens (tertiary/aromatic N) is 2. The molecule has 0 spiro atoms. The minimum Gasteiger partial charge on any atom is -0.299 e. The third-order valence-electron chi connectivity index (χ3n) is 3.95. The van der Waals surface area contributed by atoms with Crippen LogP contribution in [0.15, 0.2) is 16.7 Å². The van der Waals surface area contributed by atoms with Crippen molar-refractivity contribution in [2.24, 2.45) is 0 Å². The number of piperidine rings is 1.